The van der Waals surface area contributed by atoms with Crippen molar-refractivity contribution >= 4 is 0 Å². The van der Waals surface area contributed by atoms with Gasteiger partial charge in [-0.1, -0.05) is 67.8 Å². The first kappa shape index (κ1) is 15.8. The summed E-state index contributed by atoms with van der Waals surface area (Å²) in [4.78, 5) is 0. The Kier molecular flexibility index (Phi) is 4.53. The fraction of sp³-hybridized carbons (Fsp3) is 0.320. The summed E-state index contributed by atoms with van der Waals surface area (Å²) in [5, 5.41) is 0. The molecule has 0 radical (unpaired) electrons. The molecular weight excluding hydrogens is 314 g/mol. The fourth-order valence-electron chi connectivity index (χ4n) is 4.22. The molecule has 1 aromatic heterocycles. The van der Waals surface area contributed by atoms with Gasteiger partial charge >= 0.3 is 0 Å². The molecule has 3 aromatic rings. The molecule has 0 spiro atoms. The second kappa shape index (κ2) is 7.45. The molecule has 1 aliphatic carbocycles. The first-order valence-electron chi connectivity index (χ1n) is 10.2. The summed E-state index contributed by atoms with van der Waals surface area (Å²) < 4.78 is 11.4. The summed E-state index contributed by atoms with van der Waals surface area (Å²) in [5.74, 6) is -0.454. The summed E-state index contributed by atoms with van der Waals surface area (Å²) in [6.07, 6.45) is 7.73. The highest BCUT2D eigenvalue weighted by molar-refractivity contribution is 5.69. The van der Waals surface area contributed by atoms with E-state index in [0.29, 0.717) is 0 Å². The predicted molar refractivity (Wildman–Crippen MR) is 109 cm³/mol. The molecule has 1 heterocycles. The van der Waals surface area contributed by atoms with Crippen LogP contribution in [0.5, 0.6) is 0 Å². The maximum Gasteiger partial charge on any atom is 0.212 e. The van der Waals surface area contributed by atoms with E-state index in [0.717, 1.165) is 25.7 Å². The third kappa shape index (κ3) is 3.31. The average Bonchev–Trinajstić information content (AvgIpc) is 2.69. The smallest absolute Gasteiger partial charge is 0.200 e. The maximum atomic E-state index is 9.19. The van der Waals surface area contributed by atoms with Crippen LogP contribution in [0, 0.1) is 6.92 Å². The van der Waals surface area contributed by atoms with Gasteiger partial charge in [-0.3, -0.25) is 0 Å². The average molecular weight is 344 g/mol. The molecule has 0 N–H and O–H groups in total. The monoisotopic (exact) mass is 343 g/mol. The largest absolute Gasteiger partial charge is 0.212 e. The van der Waals surface area contributed by atoms with E-state index < -0.39 is 5.89 Å². The van der Waals surface area contributed by atoms with Crippen LogP contribution in [0.25, 0.3) is 22.4 Å². The summed E-state index contributed by atoms with van der Waals surface area (Å²) in [6, 6.07) is 21.4. The number of benzene rings is 2. The van der Waals surface area contributed by atoms with Crippen LogP contribution < -0.4 is 4.57 Å². The van der Waals surface area contributed by atoms with Gasteiger partial charge in [-0.05, 0) is 48.4 Å². The molecule has 0 amide bonds. The Hall–Kier alpha value is -2.41. The van der Waals surface area contributed by atoms with Crippen molar-refractivity contribution in [3.05, 3.63) is 78.0 Å². The SMILES string of the molecule is [2H]C1(c2cccc(C)c2-c2ccc(-c3ccccc3)c[n+]2C)CCCCC1. The molecule has 1 heteroatoms. The lowest BCUT2D eigenvalue weighted by Crippen LogP contribution is -2.31. The van der Waals surface area contributed by atoms with Crippen LogP contribution in [-0.2, 0) is 7.05 Å². The predicted octanol–water partition coefficient (Wildman–Crippen LogP) is 6.20. The molecule has 1 fully saturated rings. The molecule has 1 nitrogen and oxygen atoms in total. The zero-order valence-electron chi connectivity index (χ0n) is 16.8. The fourth-order valence-corrected chi connectivity index (χ4v) is 4.22. The minimum atomic E-state index is -0.454. The number of pyridine rings is 1. The van der Waals surface area contributed by atoms with Gasteiger partial charge in [0.05, 0.1) is 5.56 Å². The van der Waals surface area contributed by atoms with Gasteiger partial charge in [0.15, 0.2) is 6.20 Å². The third-order valence-corrected chi connectivity index (χ3v) is 5.61. The lowest BCUT2D eigenvalue weighted by molar-refractivity contribution is -0.659. The van der Waals surface area contributed by atoms with Crippen LogP contribution >= 0.6 is 0 Å². The van der Waals surface area contributed by atoms with Gasteiger partial charge in [0.25, 0.3) is 0 Å². The van der Waals surface area contributed by atoms with Gasteiger partial charge in [-0.25, -0.2) is 4.57 Å². The minimum Gasteiger partial charge on any atom is -0.200 e. The van der Waals surface area contributed by atoms with Gasteiger partial charge in [-0.2, -0.15) is 0 Å². The van der Waals surface area contributed by atoms with E-state index in [-0.39, 0.29) is 0 Å². The van der Waals surface area contributed by atoms with Crippen molar-refractivity contribution in [2.45, 2.75) is 44.9 Å². The van der Waals surface area contributed by atoms with Gasteiger partial charge in [0, 0.05) is 13.0 Å². The lowest BCUT2D eigenvalue weighted by Gasteiger charge is -2.24. The number of hydrogen-bond acceptors (Lipinski definition) is 0. The van der Waals surface area contributed by atoms with E-state index in [1.165, 1.54) is 39.9 Å². The maximum absolute atomic E-state index is 9.19. The van der Waals surface area contributed by atoms with Crippen molar-refractivity contribution in [2.24, 2.45) is 7.05 Å². The second-order valence-corrected chi connectivity index (χ2v) is 7.44. The minimum absolute atomic E-state index is 0.454. The molecule has 1 aliphatic rings. The van der Waals surface area contributed by atoms with E-state index in [2.05, 4.69) is 85.4 Å². The zero-order chi connectivity index (χ0) is 18.9. The lowest BCUT2D eigenvalue weighted by atomic mass is 9.80. The third-order valence-electron chi connectivity index (χ3n) is 5.61. The standard InChI is InChI=1S/C25H28N/c1-19-10-9-15-23(21-13-7-4-8-14-21)25(19)24-17-16-22(18-26(24)2)20-11-5-3-6-12-20/h3,5-6,9-12,15-18,21H,4,7-8,13-14H2,1-2H3/q+1/i21D. The molecular formula is C25H28N+. The Labute approximate surface area is 158 Å². The Bertz CT molecular complexity index is 940. The van der Waals surface area contributed by atoms with Crippen LogP contribution in [-0.4, -0.2) is 0 Å². The van der Waals surface area contributed by atoms with Crippen molar-refractivity contribution in [1.82, 2.24) is 0 Å². The van der Waals surface area contributed by atoms with Gasteiger partial charge < -0.3 is 0 Å². The van der Waals surface area contributed by atoms with Crippen molar-refractivity contribution in [2.75, 3.05) is 0 Å². The van der Waals surface area contributed by atoms with Crippen LogP contribution in [0.15, 0.2) is 66.9 Å². The molecule has 2 aromatic carbocycles. The molecule has 0 aliphatic heterocycles. The van der Waals surface area contributed by atoms with Crippen molar-refractivity contribution in [3.8, 4) is 22.4 Å². The molecule has 0 atom stereocenters. The topological polar surface area (TPSA) is 3.88 Å². The quantitative estimate of drug-likeness (QED) is 0.498. The van der Waals surface area contributed by atoms with Crippen LogP contribution in [0.2, 0.25) is 0 Å². The van der Waals surface area contributed by atoms with Crippen molar-refractivity contribution < 1.29 is 5.94 Å². The van der Waals surface area contributed by atoms with Crippen LogP contribution in [0.4, 0.5) is 0 Å². The Morgan fingerprint density at radius 2 is 1.62 bits per heavy atom. The van der Waals surface area contributed by atoms with Gasteiger partial charge in [-0.15, -0.1) is 0 Å². The summed E-state index contributed by atoms with van der Waals surface area (Å²) >= 11 is 0. The summed E-state index contributed by atoms with van der Waals surface area (Å²) in [7, 11) is 2.12. The molecule has 26 heavy (non-hydrogen) atoms. The van der Waals surface area contributed by atoms with E-state index in [4.69, 9.17) is 0 Å². The van der Waals surface area contributed by atoms with E-state index in [9.17, 15) is 1.37 Å². The molecule has 4 rings (SSSR count). The molecule has 0 bridgehead atoms. The Morgan fingerprint density at radius 1 is 0.846 bits per heavy atom. The first-order valence-corrected chi connectivity index (χ1v) is 9.74. The highest BCUT2D eigenvalue weighted by atomic mass is 14.9. The highest BCUT2D eigenvalue weighted by Crippen LogP contribution is 2.38. The number of rotatable bonds is 3. The highest BCUT2D eigenvalue weighted by Gasteiger charge is 2.24. The van der Waals surface area contributed by atoms with Crippen LogP contribution in [0.1, 0.15) is 50.5 Å². The molecule has 0 saturated heterocycles. The van der Waals surface area contributed by atoms with E-state index >= 15 is 0 Å². The second-order valence-electron chi connectivity index (χ2n) is 7.44. The van der Waals surface area contributed by atoms with E-state index in [1.54, 1.807) is 0 Å². The van der Waals surface area contributed by atoms with E-state index in [1.807, 2.05) is 0 Å². The van der Waals surface area contributed by atoms with Crippen molar-refractivity contribution in [3.63, 3.8) is 0 Å². The van der Waals surface area contributed by atoms with Crippen LogP contribution in [0.3, 0.4) is 0 Å². The number of aryl methyl sites for hydroxylation is 2. The zero-order valence-corrected chi connectivity index (χ0v) is 15.8. The summed E-state index contributed by atoms with van der Waals surface area (Å²) in [5.41, 5.74) is 7.35. The van der Waals surface area contributed by atoms with Gasteiger partial charge in [0.2, 0.25) is 5.69 Å². The molecule has 132 valence electrons. The summed E-state index contributed by atoms with van der Waals surface area (Å²) in [6.45, 7) is 2.18. The number of aromatic nitrogens is 1. The Balaban J connectivity index is 1.82. The van der Waals surface area contributed by atoms with Crippen molar-refractivity contribution in [1.29, 1.82) is 0 Å². The normalized spacial score (nSPS) is 16.9. The molecule has 0 unspecified atom stereocenters. The van der Waals surface area contributed by atoms with Gasteiger partial charge in [0.1, 0.15) is 7.05 Å². The first-order chi connectivity index (χ1) is 13.1. The molecule has 1 saturated carbocycles. The number of nitrogens with zero attached hydrogens (tertiary/aromatic N) is 1. The number of hydrogen-bond donors (Lipinski definition) is 0. The Morgan fingerprint density at radius 3 is 2.35 bits per heavy atom.